The Morgan fingerprint density at radius 3 is 2.33 bits per heavy atom. The van der Waals surface area contributed by atoms with E-state index in [-0.39, 0.29) is 6.54 Å². The van der Waals surface area contributed by atoms with Crippen molar-refractivity contribution in [2.75, 3.05) is 31.3 Å². The Labute approximate surface area is 160 Å². The van der Waals surface area contributed by atoms with Gasteiger partial charge in [0, 0.05) is 5.56 Å². The molecule has 0 fully saturated rings. The van der Waals surface area contributed by atoms with Crippen LogP contribution in [-0.2, 0) is 14.8 Å². The second-order valence-electron chi connectivity index (χ2n) is 6.00. The summed E-state index contributed by atoms with van der Waals surface area (Å²) in [5, 5.41) is 2.81. The number of nitrogens with one attached hydrogen (secondary N) is 1. The summed E-state index contributed by atoms with van der Waals surface area (Å²) in [5.74, 6) is 0.808. The minimum absolute atomic E-state index is 0.320. The maximum atomic E-state index is 12.5. The van der Waals surface area contributed by atoms with E-state index in [2.05, 4.69) is 5.32 Å². The van der Waals surface area contributed by atoms with Crippen molar-refractivity contribution >= 4 is 21.6 Å². The fourth-order valence-electron chi connectivity index (χ4n) is 2.67. The summed E-state index contributed by atoms with van der Waals surface area (Å²) < 4.78 is 35.9. The maximum Gasteiger partial charge on any atom is 0.241 e. The highest BCUT2D eigenvalue weighted by molar-refractivity contribution is 7.92. The topological polar surface area (TPSA) is 84.9 Å². The summed E-state index contributed by atoms with van der Waals surface area (Å²) in [5.41, 5.74) is 1.16. The third-order valence-corrected chi connectivity index (χ3v) is 5.15. The van der Waals surface area contributed by atoms with Crippen LogP contribution in [0.4, 0.5) is 5.69 Å². The summed E-state index contributed by atoms with van der Waals surface area (Å²) in [6, 6.07) is 13.4. The molecule has 146 valence electrons. The molecule has 1 atom stereocenters. The van der Waals surface area contributed by atoms with Gasteiger partial charge in [0.25, 0.3) is 0 Å². The number of rotatable bonds is 8. The number of methoxy groups -OCH3 is 2. The number of carbonyl (C=O) groups excluding carboxylic acids is 1. The minimum Gasteiger partial charge on any atom is -0.497 e. The van der Waals surface area contributed by atoms with Gasteiger partial charge in [-0.05, 0) is 37.3 Å². The van der Waals surface area contributed by atoms with Gasteiger partial charge >= 0.3 is 0 Å². The molecule has 27 heavy (non-hydrogen) atoms. The van der Waals surface area contributed by atoms with Gasteiger partial charge in [-0.15, -0.1) is 0 Å². The second kappa shape index (κ2) is 8.77. The number of hydrogen-bond donors (Lipinski definition) is 1. The lowest BCUT2D eigenvalue weighted by Gasteiger charge is -2.24. The molecule has 0 aliphatic rings. The van der Waals surface area contributed by atoms with Gasteiger partial charge in [-0.3, -0.25) is 9.10 Å². The number of carbonyl (C=O) groups is 1. The fourth-order valence-corrected chi connectivity index (χ4v) is 3.52. The van der Waals surface area contributed by atoms with E-state index in [1.165, 1.54) is 0 Å². The Kier molecular flexibility index (Phi) is 6.68. The zero-order valence-electron chi connectivity index (χ0n) is 15.8. The molecule has 0 spiro atoms. The van der Waals surface area contributed by atoms with E-state index >= 15 is 0 Å². The first kappa shape index (κ1) is 20.6. The lowest BCUT2D eigenvalue weighted by Crippen LogP contribution is -2.41. The summed E-state index contributed by atoms with van der Waals surface area (Å²) in [4.78, 5) is 12.5. The third-order valence-electron chi connectivity index (χ3n) is 4.01. The Balaban J connectivity index is 2.18. The first-order chi connectivity index (χ1) is 12.8. The molecular formula is C19H24N2O5S. The highest BCUT2D eigenvalue weighted by Crippen LogP contribution is 2.29. The van der Waals surface area contributed by atoms with Gasteiger partial charge in [0.1, 0.15) is 18.0 Å². The molecule has 2 aromatic rings. The van der Waals surface area contributed by atoms with Gasteiger partial charge in [0.05, 0.1) is 32.2 Å². The van der Waals surface area contributed by atoms with E-state index in [4.69, 9.17) is 9.47 Å². The normalized spacial score (nSPS) is 12.1. The van der Waals surface area contributed by atoms with Gasteiger partial charge in [0.15, 0.2) is 0 Å². The van der Waals surface area contributed by atoms with E-state index in [1.54, 1.807) is 69.7 Å². The number of hydrogen-bond acceptors (Lipinski definition) is 5. The number of nitrogens with zero attached hydrogens (tertiary/aromatic N) is 1. The van der Waals surface area contributed by atoms with Crippen LogP contribution < -0.4 is 19.1 Å². The van der Waals surface area contributed by atoms with Crippen LogP contribution in [0.3, 0.4) is 0 Å². The van der Waals surface area contributed by atoms with Gasteiger partial charge in [0.2, 0.25) is 15.9 Å². The largest absolute Gasteiger partial charge is 0.497 e. The zero-order chi connectivity index (χ0) is 20.0. The predicted molar refractivity (Wildman–Crippen MR) is 105 cm³/mol. The smallest absolute Gasteiger partial charge is 0.241 e. The number of anilines is 1. The first-order valence-corrected chi connectivity index (χ1v) is 10.1. The highest BCUT2D eigenvalue weighted by Gasteiger charge is 2.22. The number of para-hydroxylation sites is 1. The van der Waals surface area contributed by atoms with Gasteiger partial charge in [-0.2, -0.15) is 0 Å². The van der Waals surface area contributed by atoms with Crippen molar-refractivity contribution in [2.45, 2.75) is 13.0 Å². The van der Waals surface area contributed by atoms with Crippen molar-refractivity contribution in [2.24, 2.45) is 0 Å². The summed E-state index contributed by atoms with van der Waals surface area (Å²) in [6.07, 6.45) is 1.07. The van der Waals surface area contributed by atoms with Crippen LogP contribution in [-0.4, -0.2) is 41.3 Å². The van der Waals surface area contributed by atoms with E-state index in [0.29, 0.717) is 17.2 Å². The van der Waals surface area contributed by atoms with Crippen LogP contribution in [0.5, 0.6) is 11.5 Å². The van der Waals surface area contributed by atoms with Crippen molar-refractivity contribution in [1.29, 1.82) is 0 Å². The molecule has 0 aromatic heterocycles. The van der Waals surface area contributed by atoms with Crippen molar-refractivity contribution < 1.29 is 22.7 Å². The number of benzene rings is 2. The monoisotopic (exact) mass is 392 g/mol. The Hall–Kier alpha value is -2.74. The molecule has 0 aliphatic carbocycles. The summed E-state index contributed by atoms with van der Waals surface area (Å²) in [6.45, 7) is 1.47. The fraction of sp³-hybridized carbons (Fsp3) is 0.316. The van der Waals surface area contributed by atoms with Crippen LogP contribution in [0, 0.1) is 0 Å². The van der Waals surface area contributed by atoms with E-state index < -0.39 is 22.0 Å². The molecule has 2 aromatic carbocycles. The SMILES string of the molecule is COc1ccc(OC)c([C@@H](C)NC(=O)CN(c2ccccc2)S(C)(=O)=O)c1. The average molecular weight is 392 g/mol. The Bertz CT molecular complexity index is 884. The van der Waals surface area contributed by atoms with E-state index in [0.717, 1.165) is 16.1 Å². The van der Waals surface area contributed by atoms with Gasteiger partial charge in [-0.1, -0.05) is 18.2 Å². The van der Waals surface area contributed by atoms with Gasteiger partial charge in [-0.25, -0.2) is 8.42 Å². The lowest BCUT2D eigenvalue weighted by molar-refractivity contribution is -0.120. The van der Waals surface area contributed by atoms with Crippen LogP contribution >= 0.6 is 0 Å². The Morgan fingerprint density at radius 1 is 1.11 bits per heavy atom. The van der Waals surface area contributed by atoms with Crippen molar-refractivity contribution in [1.82, 2.24) is 5.32 Å². The van der Waals surface area contributed by atoms with Crippen LogP contribution in [0.2, 0.25) is 0 Å². The van der Waals surface area contributed by atoms with Crippen molar-refractivity contribution in [3.05, 3.63) is 54.1 Å². The van der Waals surface area contributed by atoms with E-state index in [1.807, 2.05) is 0 Å². The van der Waals surface area contributed by atoms with Gasteiger partial charge < -0.3 is 14.8 Å². The Morgan fingerprint density at radius 2 is 1.78 bits per heavy atom. The third kappa shape index (κ3) is 5.37. The molecule has 0 aliphatic heterocycles. The van der Waals surface area contributed by atoms with E-state index in [9.17, 15) is 13.2 Å². The predicted octanol–water partition coefficient (Wildman–Crippen LogP) is 2.35. The van der Waals surface area contributed by atoms with Crippen molar-refractivity contribution in [3.8, 4) is 11.5 Å². The molecule has 0 heterocycles. The van der Waals surface area contributed by atoms with Crippen LogP contribution in [0.1, 0.15) is 18.5 Å². The number of sulfonamides is 1. The molecule has 1 N–H and O–H groups in total. The molecule has 0 saturated carbocycles. The quantitative estimate of drug-likeness (QED) is 0.745. The molecule has 0 bridgehead atoms. The zero-order valence-corrected chi connectivity index (χ0v) is 16.6. The summed E-state index contributed by atoms with van der Waals surface area (Å²) >= 11 is 0. The standard InChI is InChI=1S/C19H24N2O5S/c1-14(17-12-16(25-2)10-11-18(17)26-3)20-19(22)13-21(27(4,23)24)15-8-6-5-7-9-15/h5-12,14H,13H2,1-4H3,(H,20,22)/t14-/m1/s1. The molecule has 8 heteroatoms. The average Bonchev–Trinajstić information content (AvgIpc) is 2.65. The number of ether oxygens (including phenoxy) is 2. The molecule has 0 radical (unpaired) electrons. The second-order valence-corrected chi connectivity index (χ2v) is 7.91. The summed E-state index contributed by atoms with van der Waals surface area (Å²) in [7, 11) is -0.513. The maximum absolute atomic E-state index is 12.5. The molecule has 0 unspecified atom stereocenters. The first-order valence-electron chi connectivity index (χ1n) is 8.30. The van der Waals surface area contributed by atoms with Crippen LogP contribution in [0.15, 0.2) is 48.5 Å². The van der Waals surface area contributed by atoms with Crippen LogP contribution in [0.25, 0.3) is 0 Å². The molecule has 1 amide bonds. The number of amides is 1. The highest BCUT2D eigenvalue weighted by atomic mass is 32.2. The van der Waals surface area contributed by atoms with Crippen molar-refractivity contribution in [3.63, 3.8) is 0 Å². The molecule has 0 saturated heterocycles. The minimum atomic E-state index is -3.61. The molecule has 7 nitrogen and oxygen atoms in total. The molecular weight excluding hydrogens is 368 g/mol. The molecule has 2 rings (SSSR count). The lowest BCUT2D eigenvalue weighted by atomic mass is 10.1.